The van der Waals surface area contributed by atoms with Gasteiger partial charge in [0.15, 0.2) is 0 Å². The highest BCUT2D eigenvalue weighted by Crippen LogP contribution is 2.04. The molecule has 3 N–H and O–H groups in total. The minimum atomic E-state index is -0.821. The maximum absolute atomic E-state index is 11.4. The van der Waals surface area contributed by atoms with Crippen LogP contribution in [0.4, 0.5) is 0 Å². The average molecular weight is 200 g/mol. The molecule has 80 valence electrons. The molecule has 1 aliphatic rings. The molecule has 5 heteroatoms. The van der Waals surface area contributed by atoms with Crippen molar-refractivity contribution in [2.45, 2.75) is 31.7 Å². The molecule has 14 heavy (non-hydrogen) atoms. The van der Waals surface area contributed by atoms with Crippen LogP contribution in [0, 0.1) is 0 Å². The van der Waals surface area contributed by atoms with Crippen LogP contribution < -0.4 is 10.6 Å². The monoisotopic (exact) mass is 200 g/mol. The first-order valence-electron chi connectivity index (χ1n) is 4.93. The molecule has 1 saturated heterocycles. The van der Waals surface area contributed by atoms with E-state index in [2.05, 4.69) is 10.6 Å². The van der Waals surface area contributed by atoms with E-state index in [-0.39, 0.29) is 18.4 Å². The van der Waals surface area contributed by atoms with E-state index < -0.39 is 5.97 Å². The molecule has 1 fully saturated rings. The van der Waals surface area contributed by atoms with Crippen molar-refractivity contribution in [2.75, 3.05) is 13.1 Å². The summed E-state index contributed by atoms with van der Waals surface area (Å²) in [6, 6.07) is -0.0696. The molecule has 0 spiro atoms. The van der Waals surface area contributed by atoms with Gasteiger partial charge in [0.25, 0.3) is 0 Å². The number of carboxylic acid groups (broad SMARTS) is 1. The van der Waals surface area contributed by atoms with Crippen molar-refractivity contribution < 1.29 is 14.7 Å². The zero-order chi connectivity index (χ0) is 10.4. The van der Waals surface area contributed by atoms with Crippen molar-refractivity contribution in [1.29, 1.82) is 0 Å². The van der Waals surface area contributed by atoms with Gasteiger partial charge in [0.05, 0.1) is 6.04 Å². The van der Waals surface area contributed by atoms with E-state index in [1.54, 1.807) is 0 Å². The Balaban J connectivity index is 2.05. The highest BCUT2D eigenvalue weighted by Gasteiger charge is 2.21. The van der Waals surface area contributed by atoms with Crippen LogP contribution in [0.15, 0.2) is 0 Å². The van der Waals surface area contributed by atoms with Crippen LogP contribution in [0.1, 0.15) is 25.7 Å². The summed E-state index contributed by atoms with van der Waals surface area (Å²) in [5, 5.41) is 14.2. The molecule has 0 aromatic rings. The summed E-state index contributed by atoms with van der Waals surface area (Å²) in [6.45, 7) is 1.34. The van der Waals surface area contributed by atoms with Gasteiger partial charge in [0.1, 0.15) is 0 Å². The van der Waals surface area contributed by atoms with Gasteiger partial charge in [0, 0.05) is 13.0 Å². The Labute approximate surface area is 82.9 Å². The Hall–Kier alpha value is -1.10. The zero-order valence-electron chi connectivity index (χ0n) is 8.08. The molecule has 1 aliphatic heterocycles. The molecule has 1 atom stereocenters. The molecule has 0 aromatic heterocycles. The Morgan fingerprint density at radius 3 is 2.86 bits per heavy atom. The van der Waals surface area contributed by atoms with Crippen molar-refractivity contribution in [3.63, 3.8) is 0 Å². The molecule has 1 unspecified atom stereocenters. The third-order valence-electron chi connectivity index (χ3n) is 2.24. The minimum absolute atomic E-state index is 0.00658. The maximum atomic E-state index is 11.4. The lowest BCUT2D eigenvalue weighted by atomic mass is 10.2. The standard InChI is InChI=1S/C9H16N2O3/c12-8(13)4-2-6-11-9(14)7-3-1-5-10-7/h7,10H,1-6H2,(H,11,14)(H,12,13). The minimum Gasteiger partial charge on any atom is -0.481 e. The molecular formula is C9H16N2O3. The summed E-state index contributed by atoms with van der Waals surface area (Å²) in [5.41, 5.74) is 0. The van der Waals surface area contributed by atoms with E-state index >= 15 is 0 Å². The summed E-state index contributed by atoms with van der Waals surface area (Å²) >= 11 is 0. The van der Waals surface area contributed by atoms with Gasteiger partial charge in [-0.05, 0) is 25.8 Å². The van der Waals surface area contributed by atoms with Gasteiger partial charge in [-0.3, -0.25) is 9.59 Å². The number of carbonyl (C=O) groups excluding carboxylic acids is 1. The third-order valence-corrected chi connectivity index (χ3v) is 2.24. The first-order chi connectivity index (χ1) is 6.70. The quantitative estimate of drug-likeness (QED) is 0.533. The largest absolute Gasteiger partial charge is 0.481 e. The maximum Gasteiger partial charge on any atom is 0.303 e. The van der Waals surface area contributed by atoms with Gasteiger partial charge >= 0.3 is 5.97 Å². The molecule has 0 aromatic carbocycles. The zero-order valence-corrected chi connectivity index (χ0v) is 8.08. The van der Waals surface area contributed by atoms with Crippen molar-refractivity contribution in [1.82, 2.24) is 10.6 Å². The Bertz CT molecular complexity index is 212. The number of hydrogen-bond acceptors (Lipinski definition) is 3. The van der Waals surface area contributed by atoms with Crippen LogP contribution in [0.3, 0.4) is 0 Å². The predicted molar refractivity (Wildman–Crippen MR) is 50.9 cm³/mol. The van der Waals surface area contributed by atoms with E-state index in [9.17, 15) is 9.59 Å². The second-order valence-corrected chi connectivity index (χ2v) is 3.44. The first kappa shape index (κ1) is 11.0. The van der Waals surface area contributed by atoms with Gasteiger partial charge in [-0.15, -0.1) is 0 Å². The highest BCUT2D eigenvalue weighted by atomic mass is 16.4. The van der Waals surface area contributed by atoms with Crippen LogP contribution in [0.2, 0.25) is 0 Å². The summed E-state index contributed by atoms with van der Waals surface area (Å²) in [4.78, 5) is 21.5. The second-order valence-electron chi connectivity index (χ2n) is 3.44. The fourth-order valence-corrected chi connectivity index (χ4v) is 1.48. The van der Waals surface area contributed by atoms with E-state index in [4.69, 9.17) is 5.11 Å². The fourth-order valence-electron chi connectivity index (χ4n) is 1.48. The Morgan fingerprint density at radius 2 is 2.29 bits per heavy atom. The molecule has 5 nitrogen and oxygen atoms in total. The molecule has 1 amide bonds. The van der Waals surface area contributed by atoms with Crippen LogP contribution in [-0.2, 0) is 9.59 Å². The van der Waals surface area contributed by atoms with Crippen LogP contribution in [-0.4, -0.2) is 36.1 Å². The lowest BCUT2D eigenvalue weighted by Gasteiger charge is -2.10. The van der Waals surface area contributed by atoms with Crippen molar-refractivity contribution in [3.8, 4) is 0 Å². The number of carbonyl (C=O) groups is 2. The van der Waals surface area contributed by atoms with Crippen LogP contribution >= 0.6 is 0 Å². The summed E-state index contributed by atoms with van der Waals surface area (Å²) in [7, 11) is 0. The number of rotatable bonds is 5. The van der Waals surface area contributed by atoms with E-state index in [1.165, 1.54) is 0 Å². The van der Waals surface area contributed by atoms with Gasteiger partial charge in [-0.25, -0.2) is 0 Å². The van der Waals surface area contributed by atoms with E-state index in [0.29, 0.717) is 13.0 Å². The van der Waals surface area contributed by atoms with Gasteiger partial charge in [0.2, 0.25) is 5.91 Å². The van der Waals surface area contributed by atoms with Crippen LogP contribution in [0.5, 0.6) is 0 Å². The van der Waals surface area contributed by atoms with Crippen LogP contribution in [0.25, 0.3) is 0 Å². The van der Waals surface area contributed by atoms with Gasteiger partial charge in [-0.2, -0.15) is 0 Å². The number of nitrogens with one attached hydrogen (secondary N) is 2. The molecule has 0 aliphatic carbocycles. The number of amides is 1. The topological polar surface area (TPSA) is 78.4 Å². The SMILES string of the molecule is O=C(O)CCCNC(=O)C1CCCN1. The molecule has 1 rings (SSSR count). The fraction of sp³-hybridized carbons (Fsp3) is 0.778. The number of hydrogen-bond donors (Lipinski definition) is 3. The lowest BCUT2D eigenvalue weighted by Crippen LogP contribution is -2.40. The van der Waals surface area contributed by atoms with Gasteiger partial charge < -0.3 is 15.7 Å². The normalized spacial score (nSPS) is 20.7. The predicted octanol–water partition coefficient (Wildman–Crippen LogP) is -0.281. The smallest absolute Gasteiger partial charge is 0.303 e. The first-order valence-corrected chi connectivity index (χ1v) is 4.93. The van der Waals surface area contributed by atoms with Crippen molar-refractivity contribution >= 4 is 11.9 Å². The number of carboxylic acids is 1. The molecule has 0 bridgehead atoms. The Morgan fingerprint density at radius 1 is 1.50 bits per heavy atom. The highest BCUT2D eigenvalue weighted by molar-refractivity contribution is 5.82. The molecule has 0 radical (unpaired) electrons. The summed E-state index contributed by atoms with van der Waals surface area (Å²) in [6.07, 6.45) is 2.52. The van der Waals surface area contributed by atoms with E-state index in [1.807, 2.05) is 0 Å². The molecular weight excluding hydrogens is 184 g/mol. The van der Waals surface area contributed by atoms with Crippen molar-refractivity contribution in [3.05, 3.63) is 0 Å². The van der Waals surface area contributed by atoms with E-state index in [0.717, 1.165) is 19.4 Å². The second kappa shape index (κ2) is 5.59. The summed E-state index contributed by atoms with van der Waals surface area (Å²) in [5.74, 6) is -0.828. The Kier molecular flexibility index (Phi) is 4.39. The average Bonchev–Trinajstić information content (AvgIpc) is 2.64. The lowest BCUT2D eigenvalue weighted by molar-refractivity contribution is -0.137. The van der Waals surface area contributed by atoms with Crippen molar-refractivity contribution in [2.24, 2.45) is 0 Å². The molecule has 0 saturated carbocycles. The molecule has 1 heterocycles. The summed E-state index contributed by atoms with van der Waals surface area (Å²) < 4.78 is 0. The third kappa shape index (κ3) is 3.74. The number of aliphatic carboxylic acids is 1. The van der Waals surface area contributed by atoms with Gasteiger partial charge in [-0.1, -0.05) is 0 Å².